The summed E-state index contributed by atoms with van der Waals surface area (Å²) >= 11 is 0. The van der Waals surface area contributed by atoms with Crippen LogP contribution in [0.5, 0.6) is 11.5 Å². The summed E-state index contributed by atoms with van der Waals surface area (Å²) in [5.74, 6) is 1.66. The lowest BCUT2D eigenvalue weighted by molar-refractivity contribution is 0.190. The predicted molar refractivity (Wildman–Crippen MR) is 76.5 cm³/mol. The molecule has 0 saturated heterocycles. The first-order valence-corrected chi connectivity index (χ1v) is 6.32. The van der Waals surface area contributed by atoms with Crippen LogP contribution in [0, 0.1) is 0 Å². The quantitative estimate of drug-likeness (QED) is 0.894. The SMILES string of the molecule is COc1ccc(C(N)C(C)Oc2ccccc2)cc1. The Kier molecular flexibility index (Phi) is 4.42. The number of para-hydroxylation sites is 1. The van der Waals surface area contributed by atoms with Crippen LogP contribution in [0.15, 0.2) is 54.6 Å². The van der Waals surface area contributed by atoms with E-state index in [0.717, 1.165) is 17.1 Å². The maximum Gasteiger partial charge on any atom is 0.119 e. The Hall–Kier alpha value is -2.00. The summed E-state index contributed by atoms with van der Waals surface area (Å²) in [6.07, 6.45) is -0.101. The zero-order chi connectivity index (χ0) is 13.7. The van der Waals surface area contributed by atoms with Gasteiger partial charge in [0, 0.05) is 0 Å². The van der Waals surface area contributed by atoms with Crippen LogP contribution in [0.1, 0.15) is 18.5 Å². The van der Waals surface area contributed by atoms with Gasteiger partial charge in [-0.05, 0) is 36.8 Å². The number of rotatable bonds is 5. The largest absolute Gasteiger partial charge is 0.497 e. The van der Waals surface area contributed by atoms with Crippen molar-refractivity contribution in [2.24, 2.45) is 5.73 Å². The van der Waals surface area contributed by atoms with Gasteiger partial charge in [0.1, 0.15) is 17.6 Å². The third-order valence-electron chi connectivity index (χ3n) is 3.07. The first-order chi connectivity index (χ1) is 9.20. The Balaban J connectivity index is 2.03. The average Bonchev–Trinajstić information content (AvgIpc) is 2.47. The molecule has 0 heterocycles. The van der Waals surface area contributed by atoms with Gasteiger partial charge >= 0.3 is 0 Å². The molecule has 3 heteroatoms. The fourth-order valence-electron chi connectivity index (χ4n) is 1.88. The molecule has 0 aliphatic carbocycles. The number of hydrogen-bond acceptors (Lipinski definition) is 3. The number of hydrogen-bond donors (Lipinski definition) is 1. The third kappa shape index (κ3) is 3.48. The van der Waals surface area contributed by atoms with Crippen LogP contribution in [0.2, 0.25) is 0 Å². The Bertz CT molecular complexity index is 496. The molecule has 0 aliphatic heterocycles. The molecule has 2 rings (SSSR count). The molecule has 0 amide bonds. The molecule has 100 valence electrons. The first kappa shape index (κ1) is 13.4. The van der Waals surface area contributed by atoms with Crippen molar-refractivity contribution in [2.45, 2.75) is 19.1 Å². The smallest absolute Gasteiger partial charge is 0.119 e. The Morgan fingerprint density at radius 1 is 0.895 bits per heavy atom. The van der Waals surface area contributed by atoms with Crippen molar-refractivity contribution in [2.75, 3.05) is 7.11 Å². The second-order valence-electron chi connectivity index (χ2n) is 4.43. The van der Waals surface area contributed by atoms with Crippen LogP contribution in [0.4, 0.5) is 0 Å². The predicted octanol–water partition coefficient (Wildman–Crippen LogP) is 3.16. The highest BCUT2D eigenvalue weighted by molar-refractivity contribution is 5.30. The van der Waals surface area contributed by atoms with Crippen molar-refractivity contribution in [3.63, 3.8) is 0 Å². The topological polar surface area (TPSA) is 44.5 Å². The molecule has 2 aromatic carbocycles. The van der Waals surface area contributed by atoms with Crippen molar-refractivity contribution >= 4 is 0 Å². The van der Waals surface area contributed by atoms with Crippen molar-refractivity contribution in [3.05, 3.63) is 60.2 Å². The second-order valence-corrected chi connectivity index (χ2v) is 4.43. The highest BCUT2D eigenvalue weighted by Crippen LogP contribution is 2.21. The summed E-state index contributed by atoms with van der Waals surface area (Å²) in [6.45, 7) is 1.97. The van der Waals surface area contributed by atoms with Crippen molar-refractivity contribution in [1.29, 1.82) is 0 Å². The van der Waals surface area contributed by atoms with Gasteiger partial charge in [0.05, 0.1) is 13.2 Å². The first-order valence-electron chi connectivity index (χ1n) is 6.32. The number of nitrogens with two attached hydrogens (primary N) is 1. The second kappa shape index (κ2) is 6.25. The number of ether oxygens (including phenoxy) is 2. The van der Waals surface area contributed by atoms with E-state index in [2.05, 4.69) is 0 Å². The molecular formula is C16H19NO2. The van der Waals surface area contributed by atoms with Crippen molar-refractivity contribution < 1.29 is 9.47 Å². The molecule has 2 aromatic rings. The van der Waals surface area contributed by atoms with Crippen molar-refractivity contribution in [1.82, 2.24) is 0 Å². The highest BCUT2D eigenvalue weighted by Gasteiger charge is 2.16. The highest BCUT2D eigenvalue weighted by atomic mass is 16.5. The van der Waals surface area contributed by atoms with E-state index in [-0.39, 0.29) is 12.1 Å². The molecule has 2 atom stereocenters. The average molecular weight is 257 g/mol. The summed E-state index contributed by atoms with van der Waals surface area (Å²) in [5, 5.41) is 0. The van der Waals surface area contributed by atoms with Crippen LogP contribution in [-0.2, 0) is 0 Å². The molecule has 0 spiro atoms. The molecule has 0 saturated carbocycles. The Morgan fingerprint density at radius 3 is 2.11 bits per heavy atom. The molecule has 0 bridgehead atoms. The summed E-state index contributed by atoms with van der Waals surface area (Å²) in [5.41, 5.74) is 7.24. The van der Waals surface area contributed by atoms with Gasteiger partial charge in [-0.25, -0.2) is 0 Å². The molecule has 19 heavy (non-hydrogen) atoms. The summed E-state index contributed by atoms with van der Waals surface area (Å²) in [6, 6.07) is 17.3. The van der Waals surface area contributed by atoms with Crippen LogP contribution in [0.25, 0.3) is 0 Å². The lowest BCUT2D eigenvalue weighted by Gasteiger charge is -2.22. The van der Waals surface area contributed by atoms with E-state index in [1.807, 2.05) is 61.5 Å². The van der Waals surface area contributed by atoms with Gasteiger partial charge in [-0.1, -0.05) is 30.3 Å². The fraction of sp³-hybridized carbons (Fsp3) is 0.250. The van der Waals surface area contributed by atoms with E-state index in [4.69, 9.17) is 15.2 Å². The molecule has 0 aromatic heterocycles. The normalized spacial score (nSPS) is 13.6. The third-order valence-corrected chi connectivity index (χ3v) is 3.07. The van der Waals surface area contributed by atoms with Crippen LogP contribution >= 0.6 is 0 Å². The lowest BCUT2D eigenvalue weighted by Crippen LogP contribution is -2.28. The minimum absolute atomic E-state index is 0.101. The fourth-order valence-corrected chi connectivity index (χ4v) is 1.88. The van der Waals surface area contributed by atoms with E-state index >= 15 is 0 Å². The zero-order valence-electron chi connectivity index (χ0n) is 11.2. The summed E-state index contributed by atoms with van der Waals surface area (Å²) in [7, 11) is 1.65. The standard InChI is InChI=1S/C16H19NO2/c1-12(19-15-6-4-3-5-7-15)16(17)13-8-10-14(18-2)11-9-13/h3-12,16H,17H2,1-2H3. The van der Waals surface area contributed by atoms with Gasteiger partial charge in [-0.3, -0.25) is 0 Å². The maximum atomic E-state index is 6.21. The number of benzene rings is 2. The van der Waals surface area contributed by atoms with E-state index in [0.29, 0.717) is 0 Å². The van der Waals surface area contributed by atoms with Crippen LogP contribution in [0.3, 0.4) is 0 Å². The van der Waals surface area contributed by atoms with E-state index in [1.54, 1.807) is 7.11 Å². The maximum absolute atomic E-state index is 6.21. The van der Waals surface area contributed by atoms with E-state index < -0.39 is 0 Å². The van der Waals surface area contributed by atoms with Crippen LogP contribution in [-0.4, -0.2) is 13.2 Å². The Morgan fingerprint density at radius 2 is 1.53 bits per heavy atom. The molecular weight excluding hydrogens is 238 g/mol. The molecule has 0 aliphatic rings. The minimum Gasteiger partial charge on any atom is -0.497 e. The lowest BCUT2D eigenvalue weighted by atomic mass is 10.0. The molecule has 0 radical (unpaired) electrons. The van der Waals surface area contributed by atoms with Gasteiger partial charge in [0.15, 0.2) is 0 Å². The molecule has 3 nitrogen and oxygen atoms in total. The molecule has 0 fully saturated rings. The zero-order valence-corrected chi connectivity index (χ0v) is 11.2. The number of methoxy groups -OCH3 is 1. The van der Waals surface area contributed by atoms with E-state index in [9.17, 15) is 0 Å². The summed E-state index contributed by atoms with van der Waals surface area (Å²) < 4.78 is 11.0. The minimum atomic E-state index is -0.175. The molecule has 2 N–H and O–H groups in total. The monoisotopic (exact) mass is 257 g/mol. The summed E-state index contributed by atoms with van der Waals surface area (Å²) in [4.78, 5) is 0. The molecule has 2 unspecified atom stereocenters. The van der Waals surface area contributed by atoms with Gasteiger partial charge < -0.3 is 15.2 Å². The van der Waals surface area contributed by atoms with Crippen LogP contribution < -0.4 is 15.2 Å². The Labute approximate surface area is 114 Å². The van der Waals surface area contributed by atoms with Gasteiger partial charge in [-0.15, -0.1) is 0 Å². The van der Waals surface area contributed by atoms with Gasteiger partial charge in [0.25, 0.3) is 0 Å². The van der Waals surface area contributed by atoms with E-state index in [1.165, 1.54) is 0 Å². The van der Waals surface area contributed by atoms with Crippen molar-refractivity contribution in [3.8, 4) is 11.5 Å². The van der Waals surface area contributed by atoms with Gasteiger partial charge in [-0.2, -0.15) is 0 Å². The van der Waals surface area contributed by atoms with Gasteiger partial charge in [0.2, 0.25) is 0 Å².